The molecule has 0 saturated heterocycles. The van der Waals surface area contributed by atoms with E-state index in [0.717, 1.165) is 18.2 Å². The van der Waals surface area contributed by atoms with Crippen molar-refractivity contribution >= 4 is 17.8 Å². The molecule has 3 atom stereocenters. The van der Waals surface area contributed by atoms with Crippen molar-refractivity contribution in [3.8, 4) is 0 Å². The molecule has 0 bridgehead atoms. The Labute approximate surface area is 184 Å². The Kier molecular flexibility index (Phi) is 8.40. The molecule has 0 saturated carbocycles. The Hall–Kier alpha value is -3.36. The molecule has 0 aromatic heterocycles. The summed E-state index contributed by atoms with van der Waals surface area (Å²) in [6.07, 6.45) is -1.21. The molecular formula is C23H25F3N2O4. The van der Waals surface area contributed by atoms with Gasteiger partial charge in [0.2, 0.25) is 0 Å². The summed E-state index contributed by atoms with van der Waals surface area (Å²) in [5, 5.41) is 4.92. The molecule has 3 unspecified atom stereocenters. The normalized spacial score (nSPS) is 13.8. The lowest BCUT2D eigenvalue weighted by atomic mass is 10.0. The summed E-state index contributed by atoms with van der Waals surface area (Å²) in [6, 6.07) is 6.80. The van der Waals surface area contributed by atoms with Crippen LogP contribution in [-0.4, -0.2) is 29.9 Å². The van der Waals surface area contributed by atoms with E-state index in [-0.39, 0.29) is 0 Å². The predicted octanol–water partition coefficient (Wildman–Crippen LogP) is 3.67. The molecular weight excluding hydrogens is 425 g/mol. The number of halogens is 3. The minimum atomic E-state index is -1.24. The van der Waals surface area contributed by atoms with E-state index in [1.54, 1.807) is 20.8 Å². The van der Waals surface area contributed by atoms with Gasteiger partial charge in [0, 0.05) is 0 Å². The minimum Gasteiger partial charge on any atom is -0.451 e. The van der Waals surface area contributed by atoms with Gasteiger partial charge in [-0.1, -0.05) is 32.0 Å². The molecule has 2 aromatic rings. The molecule has 2 rings (SSSR count). The molecule has 172 valence electrons. The highest BCUT2D eigenvalue weighted by atomic mass is 19.1. The van der Waals surface area contributed by atoms with Gasteiger partial charge in [-0.15, -0.1) is 0 Å². The van der Waals surface area contributed by atoms with Gasteiger partial charge in [0.25, 0.3) is 11.8 Å². The lowest BCUT2D eigenvalue weighted by Gasteiger charge is -2.24. The highest BCUT2D eigenvalue weighted by Gasteiger charge is 2.31. The molecule has 9 heteroatoms. The molecule has 6 nitrogen and oxygen atoms in total. The number of amides is 2. The first kappa shape index (κ1) is 24.9. The van der Waals surface area contributed by atoms with Crippen LogP contribution < -0.4 is 10.6 Å². The Morgan fingerprint density at radius 2 is 1.41 bits per heavy atom. The lowest BCUT2D eigenvalue weighted by molar-refractivity contribution is -0.157. The summed E-state index contributed by atoms with van der Waals surface area (Å²) >= 11 is 0. The van der Waals surface area contributed by atoms with Gasteiger partial charge in [0.1, 0.15) is 29.1 Å². The van der Waals surface area contributed by atoms with E-state index in [1.807, 2.05) is 0 Å². The fourth-order valence-corrected chi connectivity index (χ4v) is 2.89. The van der Waals surface area contributed by atoms with Crippen molar-refractivity contribution in [1.29, 1.82) is 0 Å². The predicted molar refractivity (Wildman–Crippen MR) is 111 cm³/mol. The second-order valence-electron chi connectivity index (χ2n) is 7.65. The third kappa shape index (κ3) is 6.32. The molecule has 0 aliphatic carbocycles. The maximum absolute atomic E-state index is 13.9. The van der Waals surface area contributed by atoms with Crippen molar-refractivity contribution in [1.82, 2.24) is 10.6 Å². The van der Waals surface area contributed by atoms with Crippen molar-refractivity contribution in [2.45, 2.75) is 45.9 Å². The van der Waals surface area contributed by atoms with E-state index in [1.165, 1.54) is 31.2 Å². The van der Waals surface area contributed by atoms with Crippen LogP contribution in [0.4, 0.5) is 13.2 Å². The average Bonchev–Trinajstić information content (AvgIpc) is 2.71. The Morgan fingerprint density at radius 1 is 0.844 bits per heavy atom. The topological polar surface area (TPSA) is 84.5 Å². The Bertz CT molecular complexity index is 959. The van der Waals surface area contributed by atoms with Crippen LogP contribution in [0.15, 0.2) is 42.5 Å². The number of nitrogens with one attached hydrogen (secondary N) is 2. The van der Waals surface area contributed by atoms with Crippen LogP contribution in [0, 0.1) is 23.4 Å². The van der Waals surface area contributed by atoms with Gasteiger partial charge in [-0.2, -0.15) is 0 Å². The van der Waals surface area contributed by atoms with Crippen molar-refractivity contribution in [2.24, 2.45) is 5.92 Å². The zero-order valence-electron chi connectivity index (χ0n) is 18.1. The van der Waals surface area contributed by atoms with E-state index in [2.05, 4.69) is 10.6 Å². The van der Waals surface area contributed by atoms with E-state index in [0.29, 0.717) is 5.56 Å². The average molecular weight is 450 g/mol. The third-order valence-electron chi connectivity index (χ3n) is 4.79. The van der Waals surface area contributed by atoms with Gasteiger partial charge >= 0.3 is 5.97 Å². The van der Waals surface area contributed by atoms with Crippen LogP contribution in [0.2, 0.25) is 0 Å². The summed E-state index contributed by atoms with van der Waals surface area (Å²) in [5.41, 5.74) is -0.164. The number of carbonyl (C=O) groups excluding carboxylic acids is 3. The summed E-state index contributed by atoms with van der Waals surface area (Å²) in [4.78, 5) is 37.3. The largest absolute Gasteiger partial charge is 0.451 e. The quantitative estimate of drug-likeness (QED) is 0.601. The van der Waals surface area contributed by atoms with Gasteiger partial charge in [-0.25, -0.2) is 18.0 Å². The van der Waals surface area contributed by atoms with Gasteiger partial charge in [0.05, 0.1) is 6.04 Å². The van der Waals surface area contributed by atoms with E-state index in [4.69, 9.17) is 4.74 Å². The second-order valence-corrected chi connectivity index (χ2v) is 7.65. The summed E-state index contributed by atoms with van der Waals surface area (Å²) < 4.78 is 46.0. The fourth-order valence-electron chi connectivity index (χ4n) is 2.89. The molecule has 0 radical (unpaired) electrons. The van der Waals surface area contributed by atoms with Gasteiger partial charge in [-0.3, -0.25) is 9.59 Å². The highest BCUT2D eigenvalue weighted by Crippen LogP contribution is 2.15. The monoisotopic (exact) mass is 450 g/mol. The molecule has 0 fully saturated rings. The standard InChI is InChI=1S/C23H25F3N2O4/c1-12(2)20(28-22(30)19-17(25)6-5-7-18(19)26)23(31)32-14(4)21(29)27-13(3)15-8-10-16(24)11-9-15/h5-14,20H,1-4H3,(H,27,29)(H,28,30). The number of hydrogen-bond acceptors (Lipinski definition) is 4. The van der Waals surface area contributed by atoms with Gasteiger partial charge in [-0.05, 0) is 49.6 Å². The zero-order valence-corrected chi connectivity index (χ0v) is 18.1. The van der Waals surface area contributed by atoms with E-state index in [9.17, 15) is 27.6 Å². The van der Waals surface area contributed by atoms with Crippen LogP contribution in [0.3, 0.4) is 0 Å². The lowest BCUT2D eigenvalue weighted by Crippen LogP contribution is -2.48. The molecule has 0 aliphatic rings. The molecule has 0 aliphatic heterocycles. The van der Waals surface area contributed by atoms with Crippen molar-refractivity contribution in [2.75, 3.05) is 0 Å². The molecule has 2 amide bonds. The first-order chi connectivity index (χ1) is 15.0. The van der Waals surface area contributed by atoms with Gasteiger partial charge < -0.3 is 15.4 Å². The van der Waals surface area contributed by atoms with Crippen molar-refractivity contribution < 1.29 is 32.3 Å². The zero-order chi connectivity index (χ0) is 24.0. The van der Waals surface area contributed by atoms with Crippen LogP contribution >= 0.6 is 0 Å². The SMILES string of the molecule is CC(OC(=O)C(NC(=O)c1c(F)cccc1F)C(C)C)C(=O)NC(C)c1ccc(F)cc1. The first-order valence-corrected chi connectivity index (χ1v) is 10.0. The number of benzene rings is 2. The van der Waals surface area contributed by atoms with E-state index < -0.39 is 64.9 Å². The molecule has 32 heavy (non-hydrogen) atoms. The number of rotatable bonds is 8. The van der Waals surface area contributed by atoms with Crippen molar-refractivity contribution in [3.05, 3.63) is 71.0 Å². The molecule has 2 N–H and O–H groups in total. The third-order valence-corrected chi connectivity index (χ3v) is 4.79. The second kappa shape index (κ2) is 10.8. The molecule has 0 heterocycles. The van der Waals surface area contributed by atoms with Crippen LogP contribution in [0.25, 0.3) is 0 Å². The number of esters is 1. The first-order valence-electron chi connectivity index (χ1n) is 10.0. The fraction of sp³-hybridized carbons (Fsp3) is 0.348. The van der Waals surface area contributed by atoms with Crippen LogP contribution in [0.5, 0.6) is 0 Å². The summed E-state index contributed by atoms with van der Waals surface area (Å²) in [6.45, 7) is 6.23. The molecule has 0 spiro atoms. The Morgan fingerprint density at radius 3 is 1.94 bits per heavy atom. The number of carbonyl (C=O) groups is 3. The number of hydrogen-bond donors (Lipinski definition) is 2. The van der Waals surface area contributed by atoms with Gasteiger partial charge in [0.15, 0.2) is 6.10 Å². The smallest absolute Gasteiger partial charge is 0.329 e. The Balaban J connectivity index is 2.02. The van der Waals surface area contributed by atoms with Crippen molar-refractivity contribution in [3.63, 3.8) is 0 Å². The number of ether oxygens (including phenoxy) is 1. The molecule has 2 aromatic carbocycles. The van der Waals surface area contributed by atoms with E-state index >= 15 is 0 Å². The van der Waals surface area contributed by atoms with Crippen LogP contribution in [0.1, 0.15) is 49.7 Å². The van der Waals surface area contributed by atoms with Crippen LogP contribution in [-0.2, 0) is 14.3 Å². The maximum atomic E-state index is 13.9. The summed E-state index contributed by atoms with van der Waals surface area (Å²) in [7, 11) is 0. The maximum Gasteiger partial charge on any atom is 0.329 e. The minimum absolute atomic E-state index is 0.411. The summed E-state index contributed by atoms with van der Waals surface area (Å²) in [5.74, 6) is -5.69. The highest BCUT2D eigenvalue weighted by molar-refractivity contribution is 5.97.